The molecule has 1 atom stereocenters. The highest BCUT2D eigenvalue weighted by molar-refractivity contribution is 5.86. The van der Waals surface area contributed by atoms with E-state index in [-0.39, 0.29) is 0 Å². The van der Waals surface area contributed by atoms with Crippen molar-refractivity contribution in [2.24, 2.45) is 0 Å². The number of fused-ring (bicyclic) bond motifs is 1. The fourth-order valence-electron chi connectivity index (χ4n) is 2.61. The zero-order valence-electron chi connectivity index (χ0n) is 14.7. The number of H-pyrrole nitrogens is 1. The number of aromatic nitrogens is 2. The van der Waals surface area contributed by atoms with Crippen molar-refractivity contribution in [1.29, 1.82) is 0 Å². The molecule has 0 spiro atoms. The van der Waals surface area contributed by atoms with Gasteiger partial charge >= 0.3 is 11.7 Å². The Labute approximate surface area is 153 Å². The minimum absolute atomic E-state index is 0.500. The van der Waals surface area contributed by atoms with E-state index in [0.29, 0.717) is 6.20 Å². The second-order valence-electron chi connectivity index (χ2n) is 5.99. The first kappa shape index (κ1) is 18.4. The minimum atomic E-state index is -1.14. The van der Waals surface area contributed by atoms with Gasteiger partial charge in [-0.15, -0.1) is 0 Å². The van der Waals surface area contributed by atoms with Crippen LogP contribution in [-0.2, 0) is 16.3 Å². The van der Waals surface area contributed by atoms with Crippen molar-refractivity contribution in [3.05, 3.63) is 74.8 Å². The summed E-state index contributed by atoms with van der Waals surface area (Å²) in [4.78, 5) is 36.7. The number of nitrogens with zero attached hydrogens (tertiary/aromatic N) is 1. The fraction of sp³-hybridized carbons (Fsp3) is 0.211. The van der Waals surface area contributed by atoms with Gasteiger partial charge in [-0.3, -0.25) is 19.1 Å². The average molecular weight is 372 g/mol. The van der Waals surface area contributed by atoms with E-state index in [0.717, 1.165) is 26.7 Å². The third kappa shape index (κ3) is 3.89. The predicted molar refractivity (Wildman–Crippen MR) is 96.3 cm³/mol. The number of hydrogen-bond donors (Lipinski definition) is 1. The number of halogens is 1. The number of rotatable bonds is 5. The summed E-state index contributed by atoms with van der Waals surface area (Å²) in [6.07, 6.45) is 0.697. The van der Waals surface area contributed by atoms with E-state index in [1.807, 2.05) is 30.3 Å². The number of esters is 1. The molecule has 3 aromatic rings. The SMILES string of the molecule is COc1ccc2cc(C(C)C(=O)OCn3cc(F)c(=O)[nH]c3=O)ccc2c1. The van der Waals surface area contributed by atoms with Crippen LogP contribution < -0.4 is 16.0 Å². The molecule has 0 aliphatic heterocycles. The van der Waals surface area contributed by atoms with Gasteiger partial charge in [0, 0.05) is 0 Å². The molecule has 1 unspecified atom stereocenters. The summed E-state index contributed by atoms with van der Waals surface area (Å²) in [6.45, 7) is 1.17. The van der Waals surface area contributed by atoms with Gasteiger partial charge in [0.05, 0.1) is 19.2 Å². The van der Waals surface area contributed by atoms with Gasteiger partial charge in [-0.05, 0) is 35.4 Å². The molecule has 0 amide bonds. The van der Waals surface area contributed by atoms with Crippen molar-refractivity contribution in [2.75, 3.05) is 7.11 Å². The Morgan fingerprint density at radius 3 is 2.63 bits per heavy atom. The topological polar surface area (TPSA) is 90.4 Å². The summed E-state index contributed by atoms with van der Waals surface area (Å²) in [6, 6.07) is 11.1. The largest absolute Gasteiger partial charge is 0.497 e. The van der Waals surface area contributed by atoms with Crippen molar-refractivity contribution in [3.63, 3.8) is 0 Å². The number of benzene rings is 2. The van der Waals surface area contributed by atoms with Gasteiger partial charge in [-0.1, -0.05) is 24.3 Å². The molecule has 0 fully saturated rings. The summed E-state index contributed by atoms with van der Waals surface area (Å²) in [5.74, 6) is -1.58. The first-order valence-electron chi connectivity index (χ1n) is 8.12. The molecule has 0 saturated carbocycles. The highest BCUT2D eigenvalue weighted by Gasteiger charge is 2.18. The first-order chi connectivity index (χ1) is 12.9. The highest BCUT2D eigenvalue weighted by atomic mass is 19.1. The number of aromatic amines is 1. The lowest BCUT2D eigenvalue weighted by molar-refractivity contribution is -0.149. The van der Waals surface area contributed by atoms with Crippen molar-refractivity contribution >= 4 is 16.7 Å². The minimum Gasteiger partial charge on any atom is -0.497 e. The Hall–Kier alpha value is -3.42. The lowest BCUT2D eigenvalue weighted by Crippen LogP contribution is -2.32. The monoisotopic (exact) mass is 372 g/mol. The Balaban J connectivity index is 1.75. The molecular weight excluding hydrogens is 355 g/mol. The van der Waals surface area contributed by atoms with E-state index in [1.165, 1.54) is 0 Å². The maximum atomic E-state index is 13.3. The summed E-state index contributed by atoms with van der Waals surface area (Å²) in [5, 5.41) is 1.90. The third-order valence-corrected chi connectivity index (χ3v) is 4.24. The summed E-state index contributed by atoms with van der Waals surface area (Å²) < 4.78 is 24.3. The van der Waals surface area contributed by atoms with Gasteiger partial charge in [0.15, 0.2) is 6.73 Å². The van der Waals surface area contributed by atoms with Crippen LogP contribution in [0.5, 0.6) is 5.75 Å². The summed E-state index contributed by atoms with van der Waals surface area (Å²) >= 11 is 0. The van der Waals surface area contributed by atoms with Gasteiger partial charge in [0.2, 0.25) is 5.82 Å². The smallest absolute Gasteiger partial charge is 0.331 e. The molecule has 1 N–H and O–H groups in total. The average Bonchev–Trinajstić information content (AvgIpc) is 2.68. The van der Waals surface area contributed by atoms with Crippen LogP contribution in [0.15, 0.2) is 52.2 Å². The Morgan fingerprint density at radius 1 is 1.19 bits per heavy atom. The van der Waals surface area contributed by atoms with E-state index in [9.17, 15) is 18.8 Å². The van der Waals surface area contributed by atoms with E-state index in [1.54, 1.807) is 25.1 Å². The number of hydrogen-bond acceptors (Lipinski definition) is 5. The summed E-state index contributed by atoms with van der Waals surface area (Å²) in [5.41, 5.74) is -1.25. The van der Waals surface area contributed by atoms with Crippen molar-refractivity contribution in [2.45, 2.75) is 19.6 Å². The fourth-order valence-corrected chi connectivity index (χ4v) is 2.61. The third-order valence-electron chi connectivity index (χ3n) is 4.24. The van der Waals surface area contributed by atoms with Gasteiger partial charge < -0.3 is 9.47 Å². The molecular formula is C19H17FN2O5. The van der Waals surface area contributed by atoms with Crippen LogP contribution in [0, 0.1) is 5.82 Å². The van der Waals surface area contributed by atoms with Gasteiger partial charge in [-0.25, -0.2) is 4.79 Å². The van der Waals surface area contributed by atoms with Crippen molar-refractivity contribution in [3.8, 4) is 5.75 Å². The van der Waals surface area contributed by atoms with E-state index in [2.05, 4.69) is 0 Å². The van der Waals surface area contributed by atoms with Crippen LogP contribution in [0.1, 0.15) is 18.4 Å². The van der Waals surface area contributed by atoms with E-state index >= 15 is 0 Å². The lowest BCUT2D eigenvalue weighted by Gasteiger charge is -2.13. The lowest BCUT2D eigenvalue weighted by atomic mass is 9.98. The van der Waals surface area contributed by atoms with Crippen LogP contribution >= 0.6 is 0 Å². The van der Waals surface area contributed by atoms with Crippen LogP contribution in [0.4, 0.5) is 4.39 Å². The van der Waals surface area contributed by atoms with Crippen LogP contribution in [0.3, 0.4) is 0 Å². The maximum absolute atomic E-state index is 13.3. The van der Waals surface area contributed by atoms with Crippen molar-refractivity contribution < 1.29 is 18.7 Å². The Morgan fingerprint density at radius 2 is 1.89 bits per heavy atom. The van der Waals surface area contributed by atoms with E-state index in [4.69, 9.17) is 9.47 Å². The zero-order valence-corrected chi connectivity index (χ0v) is 14.7. The maximum Gasteiger partial charge on any atom is 0.331 e. The Kier molecular flexibility index (Phi) is 5.07. The molecule has 0 bridgehead atoms. The molecule has 140 valence electrons. The number of methoxy groups -OCH3 is 1. The molecule has 27 heavy (non-hydrogen) atoms. The normalized spacial score (nSPS) is 12.0. The Bertz CT molecular complexity index is 1120. The molecule has 0 radical (unpaired) electrons. The molecule has 1 aromatic heterocycles. The molecule has 3 rings (SSSR count). The second-order valence-corrected chi connectivity index (χ2v) is 5.99. The number of carbonyl (C=O) groups excluding carboxylic acids is 1. The zero-order chi connectivity index (χ0) is 19.6. The first-order valence-corrected chi connectivity index (χ1v) is 8.12. The molecule has 2 aromatic carbocycles. The molecule has 0 aliphatic rings. The van der Waals surface area contributed by atoms with Crippen LogP contribution in [0.25, 0.3) is 10.8 Å². The molecule has 0 aliphatic carbocycles. The number of carbonyl (C=O) groups is 1. The molecule has 1 heterocycles. The second kappa shape index (κ2) is 7.45. The highest BCUT2D eigenvalue weighted by Crippen LogP contribution is 2.25. The quantitative estimate of drug-likeness (QED) is 0.693. The molecule has 0 saturated heterocycles. The van der Waals surface area contributed by atoms with E-state index < -0.39 is 35.7 Å². The predicted octanol–water partition coefficient (Wildman–Crippen LogP) is 2.14. The van der Waals surface area contributed by atoms with Crippen LogP contribution in [0.2, 0.25) is 0 Å². The number of nitrogens with one attached hydrogen (secondary N) is 1. The van der Waals surface area contributed by atoms with Crippen LogP contribution in [-0.4, -0.2) is 22.6 Å². The van der Waals surface area contributed by atoms with Gasteiger partial charge in [0.1, 0.15) is 5.75 Å². The number of ether oxygens (including phenoxy) is 2. The van der Waals surface area contributed by atoms with Gasteiger partial charge in [0.25, 0.3) is 5.56 Å². The molecule has 7 nitrogen and oxygen atoms in total. The van der Waals surface area contributed by atoms with Crippen molar-refractivity contribution in [1.82, 2.24) is 9.55 Å². The van der Waals surface area contributed by atoms with Gasteiger partial charge in [-0.2, -0.15) is 4.39 Å². The summed E-state index contributed by atoms with van der Waals surface area (Å²) in [7, 11) is 1.59. The molecule has 8 heteroatoms. The standard InChI is InChI=1S/C19H17FN2O5/c1-11(12-3-4-14-8-15(26-2)6-5-13(14)7-12)18(24)27-10-22-9-16(20)17(23)21-19(22)25/h3-9,11H,10H2,1-2H3,(H,21,23,25).